The summed E-state index contributed by atoms with van der Waals surface area (Å²) in [7, 11) is -2.42. The van der Waals surface area contributed by atoms with Crippen molar-refractivity contribution in [1.82, 2.24) is 4.90 Å². The van der Waals surface area contributed by atoms with Crippen LogP contribution in [0, 0.1) is 6.92 Å². The highest BCUT2D eigenvalue weighted by molar-refractivity contribution is 7.92. The number of amides is 1. The molecule has 0 aliphatic rings. The zero-order valence-electron chi connectivity index (χ0n) is 18.8. The van der Waals surface area contributed by atoms with Crippen LogP contribution in [0.1, 0.15) is 43.6 Å². The first kappa shape index (κ1) is 24.4. The van der Waals surface area contributed by atoms with Crippen molar-refractivity contribution >= 4 is 27.6 Å². The molecule has 0 saturated heterocycles. The molecule has 0 N–H and O–H groups in total. The fraction of sp³-hybridized carbons (Fsp3) is 0.391. The minimum atomic E-state index is -3.88. The highest BCUT2D eigenvalue weighted by Crippen LogP contribution is 2.23. The van der Waals surface area contributed by atoms with Crippen LogP contribution in [0.3, 0.4) is 0 Å². The normalized spacial score (nSPS) is 11.5. The van der Waals surface area contributed by atoms with Crippen LogP contribution in [0.15, 0.2) is 53.4 Å². The minimum absolute atomic E-state index is 0.0306. The van der Waals surface area contributed by atoms with Crippen molar-refractivity contribution in [3.05, 3.63) is 59.7 Å². The summed E-state index contributed by atoms with van der Waals surface area (Å²) < 4.78 is 32.3. The molecule has 0 heterocycles. The van der Waals surface area contributed by atoms with Crippen molar-refractivity contribution < 1.29 is 22.7 Å². The topological polar surface area (TPSA) is 84.0 Å². The Morgan fingerprint density at radius 3 is 2.10 bits per heavy atom. The lowest BCUT2D eigenvalue weighted by Gasteiger charge is -2.30. The molecule has 1 amide bonds. The van der Waals surface area contributed by atoms with Crippen molar-refractivity contribution in [1.29, 1.82) is 0 Å². The van der Waals surface area contributed by atoms with Crippen LogP contribution in [0.5, 0.6) is 0 Å². The van der Waals surface area contributed by atoms with Crippen LogP contribution in [-0.2, 0) is 19.6 Å². The van der Waals surface area contributed by atoms with Crippen molar-refractivity contribution in [2.45, 2.75) is 51.6 Å². The van der Waals surface area contributed by atoms with Gasteiger partial charge in [0.1, 0.15) is 0 Å². The predicted molar refractivity (Wildman–Crippen MR) is 121 cm³/mol. The van der Waals surface area contributed by atoms with E-state index < -0.39 is 22.6 Å². The molecule has 168 valence electrons. The van der Waals surface area contributed by atoms with E-state index in [-0.39, 0.29) is 28.4 Å². The first-order valence-corrected chi connectivity index (χ1v) is 11.5. The van der Waals surface area contributed by atoms with E-state index in [2.05, 4.69) is 0 Å². The standard InChI is InChI=1S/C23H30N2O5S/c1-16(2)25(17(3)4)22(26)15-30-23(27)19-8-7-9-21(14-19)31(28,29)24(6)20-12-10-18(5)11-13-20/h7-14,16-17H,15H2,1-6H3. The summed E-state index contributed by atoms with van der Waals surface area (Å²) in [6.07, 6.45) is 0. The van der Waals surface area contributed by atoms with Crippen molar-refractivity contribution in [3.8, 4) is 0 Å². The molecular weight excluding hydrogens is 416 g/mol. The lowest BCUT2D eigenvalue weighted by Crippen LogP contribution is -2.44. The summed E-state index contributed by atoms with van der Waals surface area (Å²) in [4.78, 5) is 26.5. The summed E-state index contributed by atoms with van der Waals surface area (Å²) in [5.74, 6) is -1.06. The number of aryl methyl sites for hydroxylation is 1. The quantitative estimate of drug-likeness (QED) is 0.578. The van der Waals surface area contributed by atoms with Crippen molar-refractivity contribution in [2.75, 3.05) is 18.0 Å². The predicted octanol–water partition coefficient (Wildman–Crippen LogP) is 3.62. The third kappa shape index (κ3) is 5.85. The average molecular weight is 447 g/mol. The maximum Gasteiger partial charge on any atom is 0.338 e. The number of hydrogen-bond acceptors (Lipinski definition) is 5. The highest BCUT2D eigenvalue weighted by atomic mass is 32.2. The summed E-state index contributed by atoms with van der Waals surface area (Å²) >= 11 is 0. The molecule has 2 aromatic carbocycles. The Morgan fingerprint density at radius 2 is 1.55 bits per heavy atom. The van der Waals surface area contributed by atoms with Gasteiger partial charge in [-0.25, -0.2) is 13.2 Å². The molecule has 2 rings (SSSR count). The van der Waals surface area contributed by atoms with Gasteiger partial charge in [0.05, 0.1) is 16.1 Å². The molecule has 31 heavy (non-hydrogen) atoms. The molecule has 7 nitrogen and oxygen atoms in total. The smallest absolute Gasteiger partial charge is 0.338 e. The largest absolute Gasteiger partial charge is 0.452 e. The molecule has 0 atom stereocenters. The first-order valence-electron chi connectivity index (χ1n) is 10.1. The molecule has 0 saturated carbocycles. The zero-order valence-corrected chi connectivity index (χ0v) is 19.6. The minimum Gasteiger partial charge on any atom is -0.452 e. The Morgan fingerprint density at radius 1 is 0.968 bits per heavy atom. The lowest BCUT2D eigenvalue weighted by molar-refractivity contribution is -0.138. The molecule has 0 radical (unpaired) electrons. The van der Waals surface area contributed by atoms with Crippen LogP contribution < -0.4 is 4.31 Å². The van der Waals surface area contributed by atoms with Gasteiger partial charge in [-0.1, -0.05) is 23.8 Å². The second kappa shape index (κ2) is 9.96. The Hall–Kier alpha value is -2.87. The maximum atomic E-state index is 13.0. The number of ether oxygens (including phenoxy) is 1. The van der Waals surface area contributed by atoms with Gasteiger partial charge in [0.25, 0.3) is 15.9 Å². The Labute approximate surface area is 184 Å². The maximum absolute atomic E-state index is 13.0. The molecule has 0 bridgehead atoms. The Kier molecular flexibility index (Phi) is 7.84. The summed E-state index contributed by atoms with van der Waals surface area (Å²) in [6, 6.07) is 12.6. The summed E-state index contributed by atoms with van der Waals surface area (Å²) in [6.45, 7) is 9.06. The monoisotopic (exact) mass is 446 g/mol. The molecule has 0 aliphatic carbocycles. The van der Waals surface area contributed by atoms with Gasteiger partial charge in [-0.05, 0) is 65.0 Å². The number of anilines is 1. The van der Waals surface area contributed by atoms with Gasteiger partial charge in [-0.2, -0.15) is 0 Å². The number of hydrogen-bond donors (Lipinski definition) is 0. The van der Waals surface area contributed by atoms with Gasteiger partial charge in [-0.15, -0.1) is 0 Å². The molecule has 2 aromatic rings. The number of carbonyl (C=O) groups is 2. The molecule has 0 spiro atoms. The van der Waals surface area contributed by atoms with Crippen LogP contribution in [0.25, 0.3) is 0 Å². The van der Waals surface area contributed by atoms with Crippen LogP contribution in [0.4, 0.5) is 5.69 Å². The number of nitrogens with zero attached hydrogens (tertiary/aromatic N) is 2. The van der Waals surface area contributed by atoms with E-state index in [0.29, 0.717) is 5.69 Å². The molecular formula is C23H30N2O5S. The van der Waals surface area contributed by atoms with E-state index >= 15 is 0 Å². The summed E-state index contributed by atoms with van der Waals surface area (Å²) in [5.41, 5.74) is 1.58. The third-order valence-corrected chi connectivity index (χ3v) is 6.63. The SMILES string of the molecule is Cc1ccc(N(C)S(=O)(=O)c2cccc(C(=O)OCC(=O)N(C(C)C)C(C)C)c2)cc1. The van der Waals surface area contributed by atoms with E-state index in [1.165, 1.54) is 31.3 Å². The van der Waals surface area contributed by atoms with E-state index in [0.717, 1.165) is 9.87 Å². The number of carbonyl (C=O) groups excluding carboxylic acids is 2. The van der Waals surface area contributed by atoms with Crippen molar-refractivity contribution in [2.24, 2.45) is 0 Å². The van der Waals surface area contributed by atoms with Gasteiger partial charge in [0.15, 0.2) is 6.61 Å². The second-order valence-electron chi connectivity index (χ2n) is 7.90. The van der Waals surface area contributed by atoms with E-state index in [1.54, 1.807) is 17.0 Å². The molecule has 0 aliphatic heterocycles. The number of benzene rings is 2. The van der Waals surface area contributed by atoms with Crippen molar-refractivity contribution in [3.63, 3.8) is 0 Å². The van der Waals surface area contributed by atoms with E-state index in [1.807, 2.05) is 46.8 Å². The van der Waals surface area contributed by atoms with E-state index in [9.17, 15) is 18.0 Å². The van der Waals surface area contributed by atoms with Gasteiger partial charge in [-0.3, -0.25) is 9.10 Å². The molecule has 0 aromatic heterocycles. The van der Waals surface area contributed by atoms with Gasteiger partial charge in [0, 0.05) is 19.1 Å². The van der Waals surface area contributed by atoms with E-state index in [4.69, 9.17) is 4.74 Å². The fourth-order valence-electron chi connectivity index (χ4n) is 3.29. The number of sulfonamides is 1. The van der Waals surface area contributed by atoms with Crippen LogP contribution in [0.2, 0.25) is 0 Å². The second-order valence-corrected chi connectivity index (χ2v) is 9.87. The van der Waals surface area contributed by atoms with Crippen LogP contribution >= 0.6 is 0 Å². The zero-order chi connectivity index (χ0) is 23.3. The van der Waals surface area contributed by atoms with Gasteiger partial charge >= 0.3 is 5.97 Å². The highest BCUT2D eigenvalue weighted by Gasteiger charge is 2.24. The summed E-state index contributed by atoms with van der Waals surface area (Å²) in [5, 5.41) is 0. The lowest BCUT2D eigenvalue weighted by atomic mass is 10.2. The number of esters is 1. The van der Waals surface area contributed by atoms with Crippen LogP contribution in [-0.4, -0.2) is 50.9 Å². The average Bonchev–Trinajstić information content (AvgIpc) is 2.71. The third-order valence-electron chi connectivity index (χ3n) is 4.85. The fourth-order valence-corrected chi connectivity index (χ4v) is 4.53. The molecule has 0 unspecified atom stereocenters. The number of rotatable bonds is 8. The Balaban J connectivity index is 2.17. The Bertz CT molecular complexity index is 1020. The molecule has 8 heteroatoms. The van der Waals surface area contributed by atoms with Gasteiger partial charge in [0.2, 0.25) is 0 Å². The molecule has 0 fully saturated rings. The first-order chi connectivity index (χ1) is 14.4. The van der Waals surface area contributed by atoms with Gasteiger partial charge < -0.3 is 9.64 Å².